The Kier molecular flexibility index (Phi) is 37.2. The monoisotopic (exact) mass is 1400 g/mol. The molecule has 3 heterocycles. The predicted octanol–water partition coefficient (Wildman–Crippen LogP) is 2.00. The molecule has 5 rings (SSSR count). The van der Waals surface area contributed by atoms with Crippen molar-refractivity contribution in [3.63, 3.8) is 0 Å². The fourth-order valence-corrected chi connectivity index (χ4v) is 12.2. The van der Waals surface area contributed by atoms with Crippen LogP contribution in [0.3, 0.4) is 0 Å². The largest absolute Gasteiger partial charge is 0.481 e. The van der Waals surface area contributed by atoms with E-state index in [0.29, 0.717) is 63.5 Å². The van der Waals surface area contributed by atoms with Crippen LogP contribution in [0.5, 0.6) is 0 Å². The fraction of sp³-hybridized carbons (Fsp3) is 0.646. The van der Waals surface area contributed by atoms with E-state index >= 15 is 0 Å². The van der Waals surface area contributed by atoms with Crippen molar-refractivity contribution in [1.82, 2.24) is 50.5 Å². The highest BCUT2D eigenvalue weighted by Gasteiger charge is 2.33. The zero-order valence-corrected chi connectivity index (χ0v) is 57.5. The molecule has 2 aliphatic heterocycles. The van der Waals surface area contributed by atoms with Crippen molar-refractivity contribution in [2.24, 2.45) is 11.8 Å². The molecule has 3 aromatic rings. The lowest BCUT2D eigenvalue weighted by atomic mass is 9.95. The van der Waals surface area contributed by atoms with Gasteiger partial charge in [-0.1, -0.05) is 61.0 Å². The number of ether oxygens (including phenoxy) is 5. The minimum absolute atomic E-state index is 0.0352. The standard InChI is InChI=1S/C65H100N11O21P/c1-4-10-50(64(86)87)47-98(90,91)97-34-18-48(63(84)85)43-51(77)15-16-54(65(88)89)68-57(79)20-33-93-36-38-95-40-42-96-41-39-94-37-35-92-32-19-56(78)67-22-17-59(81)75-44-49-11-5-6-12-52(49)62-61(53-13-7-8-14-55(53)75)69-70-76(62)23-9-21-66-58(80)45-73-28-26-71(2)24-25-72(3)27-29-74(31-30-73)46-60(82)83/h5-8,11-14,48,50,54H,4,9-10,15-47H2,1-3H3,(H,66,80)(H,67,78)(H,68,79)(H,82,83)(H,84,85)(H,86,87)(H,88,89)(H,90,91)/t48?,50?,54-/m1/s1. The van der Waals surface area contributed by atoms with Gasteiger partial charge in [-0.15, -0.1) is 5.10 Å². The number of para-hydroxylation sites is 1. The number of carboxylic acids is 4. The smallest absolute Gasteiger partial charge is 0.328 e. The molecule has 2 aromatic carbocycles. The lowest BCUT2D eigenvalue weighted by Crippen LogP contribution is -2.47. The number of amides is 4. The molecule has 33 heteroatoms. The number of fused-ring (bicyclic) bond motifs is 5. The Hall–Kier alpha value is -7.20. The number of hydrogen-bond donors (Lipinski definition) is 8. The van der Waals surface area contributed by atoms with E-state index in [0.717, 1.165) is 48.6 Å². The molecular weight excluding hydrogens is 1300 g/mol. The average molecular weight is 1400 g/mol. The van der Waals surface area contributed by atoms with E-state index in [4.69, 9.17) is 28.2 Å². The summed E-state index contributed by atoms with van der Waals surface area (Å²) in [4.78, 5) is 132. The molecule has 0 saturated carbocycles. The first kappa shape index (κ1) is 81.5. The number of anilines is 1. The molecule has 1 aromatic heterocycles. The molecule has 1 saturated heterocycles. The van der Waals surface area contributed by atoms with Gasteiger partial charge in [0.1, 0.15) is 17.5 Å². The van der Waals surface area contributed by atoms with E-state index in [-0.39, 0.29) is 155 Å². The third-order valence-corrected chi connectivity index (χ3v) is 17.8. The SMILES string of the molecule is CCCC(CP(=O)(O)OCCC(CC(=O)CC[C@@H](NC(=O)CCOCCOCCOCCOCCOCCC(=O)NCCC(=O)N1Cc2ccccc2-c2c(nnn2CCCNC(=O)CN2CCN(C)CCN(C)CCN(CC(=O)O)CC2)-c2ccccc21)C(=O)O)C(=O)O)C(=O)O. The van der Waals surface area contributed by atoms with Crippen molar-refractivity contribution in [2.75, 3.05) is 176 Å². The highest BCUT2D eigenvalue weighted by Crippen LogP contribution is 2.45. The number of carbonyl (C=O) groups is 9. The highest BCUT2D eigenvalue weighted by molar-refractivity contribution is 7.52. The van der Waals surface area contributed by atoms with Crippen LogP contribution in [0.15, 0.2) is 48.5 Å². The lowest BCUT2D eigenvalue weighted by molar-refractivity contribution is -0.145. The molecule has 0 spiro atoms. The van der Waals surface area contributed by atoms with Gasteiger partial charge in [-0.3, -0.25) is 52.7 Å². The van der Waals surface area contributed by atoms with Gasteiger partial charge in [0.05, 0.1) is 122 Å². The number of aliphatic carboxylic acids is 4. The van der Waals surface area contributed by atoms with Crippen LogP contribution >= 0.6 is 7.60 Å². The minimum atomic E-state index is -4.37. The maximum atomic E-state index is 14.1. The third-order valence-electron chi connectivity index (χ3n) is 16.3. The van der Waals surface area contributed by atoms with Crippen molar-refractivity contribution >= 4 is 66.6 Å². The van der Waals surface area contributed by atoms with Gasteiger partial charge in [0.15, 0.2) is 0 Å². The maximum absolute atomic E-state index is 14.1. The Morgan fingerprint density at radius 2 is 1.12 bits per heavy atom. The molecule has 0 bridgehead atoms. The number of likely N-dealkylation sites (N-methyl/N-ethyl adjacent to an activating group) is 2. The number of Topliss-reactive ketones (excluding diaryl/α,β-unsaturated/α-hetero) is 1. The van der Waals surface area contributed by atoms with Crippen molar-refractivity contribution in [1.29, 1.82) is 0 Å². The summed E-state index contributed by atoms with van der Waals surface area (Å²) in [5.41, 5.74) is 4.56. The summed E-state index contributed by atoms with van der Waals surface area (Å²) in [6.07, 6.45) is -1.11. The van der Waals surface area contributed by atoms with E-state index < -0.39 is 80.2 Å². The second-order valence-corrected chi connectivity index (χ2v) is 26.0. The second kappa shape index (κ2) is 44.7. The summed E-state index contributed by atoms with van der Waals surface area (Å²) in [6, 6.07) is 13.9. The molecule has 4 amide bonds. The van der Waals surface area contributed by atoms with Crippen LogP contribution in [0, 0.1) is 11.8 Å². The van der Waals surface area contributed by atoms with E-state index in [2.05, 4.69) is 48.0 Å². The normalized spacial score (nSPS) is 15.9. The number of aromatic nitrogens is 3. The third kappa shape index (κ3) is 30.9. The van der Waals surface area contributed by atoms with Crippen molar-refractivity contribution in [3.8, 4) is 22.5 Å². The van der Waals surface area contributed by atoms with Crippen LogP contribution in [0.1, 0.15) is 76.7 Å². The van der Waals surface area contributed by atoms with Gasteiger partial charge < -0.3 is 84.2 Å². The zero-order valence-electron chi connectivity index (χ0n) is 56.6. The summed E-state index contributed by atoms with van der Waals surface area (Å²) in [7, 11) is -0.252. The van der Waals surface area contributed by atoms with E-state index in [1.165, 1.54) is 0 Å². The van der Waals surface area contributed by atoms with Crippen LogP contribution < -0.4 is 20.9 Å². The molecule has 1 fully saturated rings. The van der Waals surface area contributed by atoms with Crippen molar-refractivity contribution in [2.45, 2.75) is 90.3 Å². The topological polar surface area (TPSA) is 410 Å². The molecule has 98 heavy (non-hydrogen) atoms. The molecule has 3 unspecified atom stereocenters. The Balaban J connectivity index is 0.898. The van der Waals surface area contributed by atoms with Gasteiger partial charge in [0.2, 0.25) is 23.6 Å². The Morgan fingerprint density at radius 3 is 1.71 bits per heavy atom. The quantitative estimate of drug-likeness (QED) is 0.0296. The van der Waals surface area contributed by atoms with Crippen LogP contribution in [-0.4, -0.2) is 291 Å². The Morgan fingerprint density at radius 1 is 0.582 bits per heavy atom. The van der Waals surface area contributed by atoms with Crippen molar-refractivity contribution < 1.29 is 101 Å². The molecule has 0 aliphatic carbocycles. The molecule has 2 aliphatic rings. The van der Waals surface area contributed by atoms with Crippen molar-refractivity contribution in [3.05, 3.63) is 54.1 Å². The number of nitrogens with zero attached hydrogens (tertiary/aromatic N) is 8. The molecule has 0 radical (unpaired) electrons. The van der Waals surface area contributed by atoms with Gasteiger partial charge in [-0.05, 0) is 51.4 Å². The highest BCUT2D eigenvalue weighted by atomic mass is 31.2. The first-order valence-corrected chi connectivity index (χ1v) is 35.1. The summed E-state index contributed by atoms with van der Waals surface area (Å²) < 4.78 is 46.7. The molecule has 4 atom stereocenters. The molecular formula is C65H100N11O21P. The van der Waals surface area contributed by atoms with Crippen LogP contribution in [0.4, 0.5) is 5.69 Å². The summed E-state index contributed by atoms with van der Waals surface area (Å²) in [6.45, 7) is 10.2. The molecule has 546 valence electrons. The number of rotatable bonds is 46. The van der Waals surface area contributed by atoms with Gasteiger partial charge in [0.25, 0.3) is 0 Å². The number of ketones is 1. The van der Waals surface area contributed by atoms with E-state index in [1.54, 1.807) is 11.8 Å². The number of aryl methyl sites for hydroxylation is 1. The van der Waals surface area contributed by atoms with Crippen LogP contribution in [0.25, 0.3) is 22.5 Å². The van der Waals surface area contributed by atoms with Gasteiger partial charge in [-0.2, -0.15) is 0 Å². The molecule has 32 nitrogen and oxygen atoms in total. The number of carboxylic acid groups (broad SMARTS) is 4. The second-order valence-electron chi connectivity index (χ2n) is 24.1. The van der Waals surface area contributed by atoms with Gasteiger partial charge in [-0.25, -0.2) is 9.48 Å². The number of nitrogens with one attached hydrogen (secondary N) is 3. The Bertz CT molecular complexity index is 3070. The Labute approximate surface area is 571 Å². The zero-order chi connectivity index (χ0) is 71.2. The first-order valence-electron chi connectivity index (χ1n) is 33.4. The maximum Gasteiger partial charge on any atom is 0.328 e. The average Bonchev–Trinajstić information content (AvgIpc) is 1.48. The van der Waals surface area contributed by atoms with Gasteiger partial charge in [0, 0.05) is 115 Å². The van der Waals surface area contributed by atoms with E-state index in [9.17, 15) is 73.0 Å². The van der Waals surface area contributed by atoms with Gasteiger partial charge >= 0.3 is 31.5 Å². The number of benzene rings is 2. The van der Waals surface area contributed by atoms with Crippen LogP contribution in [0.2, 0.25) is 0 Å². The number of carbonyl (C=O) groups excluding carboxylic acids is 5. The van der Waals surface area contributed by atoms with Crippen LogP contribution in [-0.2, 0) is 89.0 Å². The molecule has 8 N–H and O–H groups in total. The predicted molar refractivity (Wildman–Crippen MR) is 357 cm³/mol. The van der Waals surface area contributed by atoms with E-state index in [1.807, 2.05) is 65.2 Å². The number of hydrogen-bond acceptors (Lipinski definition) is 22. The summed E-state index contributed by atoms with van der Waals surface area (Å²) >= 11 is 0. The lowest BCUT2D eigenvalue weighted by Gasteiger charge is -2.31. The first-order chi connectivity index (χ1) is 47.0. The fourth-order valence-electron chi connectivity index (χ4n) is 10.8. The summed E-state index contributed by atoms with van der Waals surface area (Å²) in [5, 5.41) is 55.5. The summed E-state index contributed by atoms with van der Waals surface area (Å²) in [5.74, 6) is -9.20. The minimum Gasteiger partial charge on any atom is -0.481 e.